The fourth-order valence-electron chi connectivity index (χ4n) is 4.66. The van der Waals surface area contributed by atoms with Gasteiger partial charge in [-0.2, -0.15) is 0 Å². The second-order valence-corrected chi connectivity index (χ2v) is 10.3. The summed E-state index contributed by atoms with van der Waals surface area (Å²) in [5.74, 6) is 0.105. The molecule has 1 aromatic carbocycles. The van der Waals surface area contributed by atoms with Crippen molar-refractivity contribution >= 4 is 45.9 Å². The highest BCUT2D eigenvalue weighted by Gasteiger charge is 2.35. The first kappa shape index (κ1) is 27.2. The van der Waals surface area contributed by atoms with Crippen LogP contribution in [0.3, 0.4) is 0 Å². The minimum Gasteiger partial charge on any atom is -0.479 e. The lowest BCUT2D eigenvalue weighted by Crippen LogP contribution is -2.28. The topological polar surface area (TPSA) is 113 Å². The maximum absolute atomic E-state index is 12.7. The molecule has 0 saturated carbocycles. The van der Waals surface area contributed by atoms with E-state index >= 15 is 0 Å². The number of carbonyl (C=O) groups is 1. The van der Waals surface area contributed by atoms with Gasteiger partial charge in [-0.3, -0.25) is 4.98 Å². The Morgan fingerprint density at radius 1 is 1.11 bits per heavy atom. The number of rotatable bonds is 9. The van der Waals surface area contributed by atoms with E-state index in [1.54, 1.807) is 25.4 Å². The molecule has 200 valence electrons. The molecule has 38 heavy (non-hydrogen) atoms. The molecule has 0 aliphatic rings. The molecule has 4 rings (SSSR count). The standard InChI is InChI=1S/C28H33ClN6O3/c1-28(2,3)38-23(27(36)37)21-19(17-9-11-18(29)12-10-17)20-22(30-4)26(32-6)35(25(20)34-24(21)31-5)15-16-8-7-13-33-14-16/h7-14,23,30,32H,15H2,1-6H3,(H,31,34)(H,36,37)/t23-/m0/s1. The summed E-state index contributed by atoms with van der Waals surface area (Å²) in [6, 6.07) is 11.2. The van der Waals surface area contributed by atoms with E-state index in [0.717, 1.165) is 28.0 Å². The smallest absolute Gasteiger partial charge is 0.337 e. The van der Waals surface area contributed by atoms with Crippen LogP contribution in [0.5, 0.6) is 0 Å². The highest BCUT2D eigenvalue weighted by Crippen LogP contribution is 2.47. The molecule has 1 atom stereocenters. The summed E-state index contributed by atoms with van der Waals surface area (Å²) in [6.45, 7) is 5.99. The number of benzene rings is 1. The lowest BCUT2D eigenvalue weighted by molar-refractivity contribution is -0.160. The minimum atomic E-state index is -1.29. The van der Waals surface area contributed by atoms with E-state index in [1.165, 1.54) is 0 Å². The van der Waals surface area contributed by atoms with Gasteiger partial charge >= 0.3 is 5.97 Å². The van der Waals surface area contributed by atoms with Gasteiger partial charge in [0.2, 0.25) is 0 Å². The Kier molecular flexibility index (Phi) is 7.80. The Hall–Kier alpha value is -3.82. The average Bonchev–Trinajstić information content (AvgIpc) is 3.18. The fourth-order valence-corrected chi connectivity index (χ4v) is 4.78. The van der Waals surface area contributed by atoms with Crippen molar-refractivity contribution < 1.29 is 14.6 Å². The molecule has 3 heterocycles. The summed E-state index contributed by atoms with van der Waals surface area (Å²) in [5.41, 5.74) is 3.63. The van der Waals surface area contributed by atoms with Gasteiger partial charge in [0.05, 0.1) is 23.2 Å². The molecule has 0 unspecified atom stereocenters. The van der Waals surface area contributed by atoms with Crippen molar-refractivity contribution in [3.8, 4) is 11.1 Å². The van der Waals surface area contributed by atoms with E-state index in [0.29, 0.717) is 34.2 Å². The van der Waals surface area contributed by atoms with Gasteiger partial charge in [0.1, 0.15) is 17.3 Å². The van der Waals surface area contributed by atoms with Crippen LogP contribution in [0.4, 0.5) is 17.3 Å². The van der Waals surface area contributed by atoms with Crippen LogP contribution >= 0.6 is 11.6 Å². The number of hydrogen-bond donors (Lipinski definition) is 4. The molecule has 0 aliphatic heterocycles. The first-order valence-corrected chi connectivity index (χ1v) is 12.7. The number of carboxylic acids is 1. The number of aromatic nitrogens is 3. The molecule has 3 aromatic heterocycles. The Morgan fingerprint density at radius 2 is 1.82 bits per heavy atom. The highest BCUT2D eigenvalue weighted by atomic mass is 35.5. The summed E-state index contributed by atoms with van der Waals surface area (Å²) in [7, 11) is 5.41. The number of ether oxygens (including phenoxy) is 1. The van der Waals surface area contributed by atoms with Crippen molar-refractivity contribution in [2.75, 3.05) is 37.1 Å². The molecule has 9 nitrogen and oxygen atoms in total. The number of nitrogens with zero attached hydrogens (tertiary/aromatic N) is 3. The van der Waals surface area contributed by atoms with E-state index in [9.17, 15) is 9.90 Å². The van der Waals surface area contributed by atoms with Gasteiger partial charge in [-0.25, -0.2) is 9.78 Å². The Balaban J connectivity index is 2.17. The molecule has 10 heteroatoms. The zero-order valence-electron chi connectivity index (χ0n) is 22.4. The third kappa shape index (κ3) is 5.25. The number of pyridine rings is 2. The number of aliphatic carboxylic acids is 1. The lowest BCUT2D eigenvalue weighted by atomic mass is 9.93. The van der Waals surface area contributed by atoms with E-state index in [2.05, 4.69) is 25.5 Å². The minimum absolute atomic E-state index is 0.411. The van der Waals surface area contributed by atoms with Crippen LogP contribution in [0, 0.1) is 0 Å². The summed E-state index contributed by atoms with van der Waals surface area (Å²) in [4.78, 5) is 22.0. The number of carboxylic acid groups (broad SMARTS) is 1. The molecule has 0 aliphatic carbocycles. The molecule has 4 aromatic rings. The quantitative estimate of drug-likeness (QED) is 0.210. The first-order valence-electron chi connectivity index (χ1n) is 12.3. The largest absolute Gasteiger partial charge is 0.479 e. The van der Waals surface area contributed by atoms with Crippen LogP contribution in [0.1, 0.15) is 38.0 Å². The maximum Gasteiger partial charge on any atom is 0.337 e. The summed E-state index contributed by atoms with van der Waals surface area (Å²) < 4.78 is 8.20. The van der Waals surface area contributed by atoms with Crippen molar-refractivity contribution in [1.82, 2.24) is 14.5 Å². The second-order valence-electron chi connectivity index (χ2n) is 9.82. The van der Waals surface area contributed by atoms with Crippen molar-refractivity contribution in [1.29, 1.82) is 0 Å². The number of nitrogens with one attached hydrogen (secondary N) is 3. The number of fused-ring (bicyclic) bond motifs is 1. The van der Waals surface area contributed by atoms with E-state index in [4.69, 9.17) is 21.3 Å². The highest BCUT2D eigenvalue weighted by molar-refractivity contribution is 6.30. The number of hydrogen-bond acceptors (Lipinski definition) is 7. The Labute approximate surface area is 227 Å². The third-order valence-corrected chi connectivity index (χ3v) is 6.36. The lowest BCUT2D eigenvalue weighted by Gasteiger charge is -2.28. The third-order valence-electron chi connectivity index (χ3n) is 6.11. The molecular weight excluding hydrogens is 504 g/mol. The number of halogens is 1. The molecule has 0 fully saturated rings. The molecule has 0 amide bonds. The van der Waals surface area contributed by atoms with Crippen LogP contribution in [-0.2, 0) is 16.1 Å². The summed E-state index contributed by atoms with van der Waals surface area (Å²) in [5, 5.41) is 21.5. The van der Waals surface area contributed by atoms with Gasteiger partial charge in [0.15, 0.2) is 6.10 Å². The van der Waals surface area contributed by atoms with Crippen molar-refractivity contribution in [3.63, 3.8) is 0 Å². The van der Waals surface area contributed by atoms with Crippen molar-refractivity contribution in [2.24, 2.45) is 0 Å². The predicted octanol–water partition coefficient (Wildman–Crippen LogP) is 5.87. The van der Waals surface area contributed by atoms with Crippen molar-refractivity contribution in [3.05, 3.63) is 64.9 Å². The van der Waals surface area contributed by atoms with Crippen LogP contribution < -0.4 is 16.0 Å². The first-order chi connectivity index (χ1) is 18.1. The Bertz CT molecular complexity index is 1450. The number of anilines is 3. The van der Waals surface area contributed by atoms with Gasteiger partial charge in [-0.1, -0.05) is 29.8 Å². The maximum atomic E-state index is 12.7. The van der Waals surface area contributed by atoms with E-state index < -0.39 is 17.7 Å². The van der Waals surface area contributed by atoms with Crippen LogP contribution in [0.2, 0.25) is 5.02 Å². The summed E-state index contributed by atoms with van der Waals surface area (Å²) >= 11 is 6.24. The monoisotopic (exact) mass is 536 g/mol. The molecule has 0 bridgehead atoms. The normalized spacial score (nSPS) is 12.4. The summed E-state index contributed by atoms with van der Waals surface area (Å²) in [6.07, 6.45) is 2.26. The van der Waals surface area contributed by atoms with E-state index in [-0.39, 0.29) is 0 Å². The van der Waals surface area contributed by atoms with E-state index in [1.807, 2.05) is 65.3 Å². The molecular formula is C28H33ClN6O3. The SMILES string of the molecule is CNc1nc2c(c(NC)c(NC)n2Cc2cccnc2)c(-c2ccc(Cl)cc2)c1[C@H](OC(C)(C)C)C(=O)O. The Morgan fingerprint density at radius 3 is 2.34 bits per heavy atom. The molecule has 0 saturated heterocycles. The second kappa shape index (κ2) is 10.9. The van der Waals surface area contributed by atoms with Gasteiger partial charge in [0.25, 0.3) is 0 Å². The van der Waals surface area contributed by atoms with Gasteiger partial charge < -0.3 is 30.4 Å². The molecule has 4 N–H and O–H groups in total. The fraction of sp³-hybridized carbons (Fsp3) is 0.321. The molecule has 0 spiro atoms. The zero-order chi connectivity index (χ0) is 27.6. The molecule has 0 radical (unpaired) electrons. The van der Waals surface area contributed by atoms with Gasteiger partial charge in [0, 0.05) is 49.7 Å². The predicted molar refractivity (Wildman–Crippen MR) is 153 cm³/mol. The van der Waals surface area contributed by atoms with Crippen molar-refractivity contribution in [2.45, 2.75) is 39.0 Å². The average molecular weight is 537 g/mol. The zero-order valence-corrected chi connectivity index (χ0v) is 23.1. The van der Waals surface area contributed by atoms with Gasteiger partial charge in [-0.15, -0.1) is 0 Å². The van der Waals surface area contributed by atoms with Crippen LogP contribution in [0.25, 0.3) is 22.2 Å². The van der Waals surface area contributed by atoms with Gasteiger partial charge in [-0.05, 0) is 50.1 Å². The van der Waals surface area contributed by atoms with Crippen LogP contribution in [0.15, 0.2) is 48.8 Å². The van der Waals surface area contributed by atoms with Crippen LogP contribution in [-0.4, -0.2) is 52.4 Å².